The molecule has 2 rings (SSSR count). The van der Waals surface area contributed by atoms with E-state index < -0.39 is 5.97 Å². The number of anilines is 1. The Labute approximate surface area is 117 Å². The fourth-order valence-electron chi connectivity index (χ4n) is 2.10. The summed E-state index contributed by atoms with van der Waals surface area (Å²) < 4.78 is 5.13. The largest absolute Gasteiger partial charge is 0.478 e. The van der Waals surface area contributed by atoms with Crippen molar-refractivity contribution in [1.82, 2.24) is 4.98 Å². The van der Waals surface area contributed by atoms with Crippen LogP contribution in [0.3, 0.4) is 0 Å². The molecule has 1 aromatic carbocycles. The van der Waals surface area contributed by atoms with Crippen LogP contribution in [0, 0.1) is 0 Å². The third kappa shape index (κ3) is 3.05. The molecule has 0 bridgehead atoms. The van der Waals surface area contributed by atoms with Crippen LogP contribution in [0.1, 0.15) is 23.7 Å². The van der Waals surface area contributed by atoms with Crippen molar-refractivity contribution in [1.29, 1.82) is 0 Å². The van der Waals surface area contributed by atoms with Crippen LogP contribution in [0.2, 0.25) is 0 Å². The average Bonchev–Trinajstić information content (AvgIpc) is 2.45. The highest BCUT2D eigenvalue weighted by molar-refractivity contribution is 6.03. The van der Waals surface area contributed by atoms with Gasteiger partial charge >= 0.3 is 5.97 Å². The summed E-state index contributed by atoms with van der Waals surface area (Å²) in [6.07, 6.45) is 0.866. The van der Waals surface area contributed by atoms with Crippen LogP contribution in [-0.4, -0.2) is 35.8 Å². The van der Waals surface area contributed by atoms with Gasteiger partial charge in [0, 0.05) is 12.5 Å². The Kier molecular flexibility index (Phi) is 4.53. The maximum absolute atomic E-state index is 11.4. The quantitative estimate of drug-likeness (QED) is 0.847. The van der Waals surface area contributed by atoms with E-state index in [1.54, 1.807) is 19.2 Å². The first-order chi connectivity index (χ1) is 9.65. The van der Waals surface area contributed by atoms with Gasteiger partial charge < -0.3 is 15.2 Å². The van der Waals surface area contributed by atoms with Gasteiger partial charge in [-0.25, -0.2) is 9.78 Å². The number of benzene rings is 1. The molecule has 0 radical (unpaired) electrons. The lowest BCUT2D eigenvalue weighted by Gasteiger charge is -2.17. The molecule has 1 heterocycles. The van der Waals surface area contributed by atoms with E-state index in [9.17, 15) is 9.90 Å². The summed E-state index contributed by atoms with van der Waals surface area (Å²) in [5.74, 6) is -0.392. The van der Waals surface area contributed by atoms with Crippen LogP contribution in [0.4, 0.5) is 5.82 Å². The first kappa shape index (κ1) is 14.3. The predicted octanol–water partition coefficient (Wildman–Crippen LogP) is 2.77. The normalized spacial score (nSPS) is 12.3. The molecule has 20 heavy (non-hydrogen) atoms. The number of carboxylic acids is 1. The van der Waals surface area contributed by atoms with E-state index in [1.807, 2.05) is 25.1 Å². The molecule has 1 atom stereocenters. The molecule has 0 saturated heterocycles. The number of carboxylic acid groups (broad SMARTS) is 1. The Morgan fingerprint density at radius 3 is 2.85 bits per heavy atom. The number of ether oxygens (including phenoxy) is 1. The molecule has 0 aliphatic carbocycles. The zero-order chi connectivity index (χ0) is 14.5. The Bertz CT molecular complexity index is 613. The van der Waals surface area contributed by atoms with Gasteiger partial charge in [-0.1, -0.05) is 25.1 Å². The summed E-state index contributed by atoms with van der Waals surface area (Å²) in [4.78, 5) is 15.8. The van der Waals surface area contributed by atoms with E-state index in [0.29, 0.717) is 23.3 Å². The lowest BCUT2D eigenvalue weighted by Crippen LogP contribution is -2.24. The number of rotatable bonds is 6. The zero-order valence-corrected chi connectivity index (χ0v) is 11.6. The Morgan fingerprint density at radius 1 is 1.45 bits per heavy atom. The topological polar surface area (TPSA) is 71.5 Å². The van der Waals surface area contributed by atoms with Crippen molar-refractivity contribution in [3.05, 3.63) is 35.9 Å². The maximum atomic E-state index is 11.4. The average molecular weight is 274 g/mol. The summed E-state index contributed by atoms with van der Waals surface area (Å²) in [5.41, 5.74) is 0.924. The summed E-state index contributed by atoms with van der Waals surface area (Å²) in [6.45, 7) is 2.59. The number of para-hydroxylation sites is 1. The molecule has 1 aromatic heterocycles. The van der Waals surface area contributed by atoms with Crippen molar-refractivity contribution in [3.63, 3.8) is 0 Å². The minimum atomic E-state index is -0.952. The van der Waals surface area contributed by atoms with E-state index in [-0.39, 0.29) is 11.6 Å². The van der Waals surface area contributed by atoms with E-state index in [2.05, 4.69) is 10.3 Å². The van der Waals surface area contributed by atoms with Gasteiger partial charge in [0.05, 0.1) is 23.7 Å². The van der Waals surface area contributed by atoms with E-state index in [4.69, 9.17) is 4.74 Å². The van der Waals surface area contributed by atoms with Gasteiger partial charge in [-0.05, 0) is 18.6 Å². The van der Waals surface area contributed by atoms with E-state index >= 15 is 0 Å². The summed E-state index contributed by atoms with van der Waals surface area (Å²) in [6, 6.07) is 8.91. The molecule has 0 amide bonds. The smallest absolute Gasteiger partial charge is 0.336 e. The minimum absolute atomic E-state index is 0.107. The van der Waals surface area contributed by atoms with Crippen LogP contribution in [0.5, 0.6) is 0 Å². The zero-order valence-electron chi connectivity index (χ0n) is 11.6. The summed E-state index contributed by atoms with van der Waals surface area (Å²) >= 11 is 0. The first-order valence-corrected chi connectivity index (χ1v) is 6.54. The van der Waals surface area contributed by atoms with Gasteiger partial charge in [0.1, 0.15) is 5.82 Å². The third-order valence-corrected chi connectivity index (χ3v) is 3.16. The molecule has 0 aliphatic rings. The fraction of sp³-hybridized carbons (Fsp3) is 0.333. The van der Waals surface area contributed by atoms with E-state index in [0.717, 1.165) is 6.42 Å². The van der Waals surface area contributed by atoms with Crippen LogP contribution >= 0.6 is 0 Å². The minimum Gasteiger partial charge on any atom is -0.478 e. The number of methoxy groups -OCH3 is 1. The van der Waals surface area contributed by atoms with Gasteiger partial charge in [0.25, 0.3) is 0 Å². The number of pyridine rings is 1. The highest BCUT2D eigenvalue weighted by Crippen LogP contribution is 2.21. The fourth-order valence-corrected chi connectivity index (χ4v) is 2.10. The second kappa shape index (κ2) is 6.34. The summed E-state index contributed by atoms with van der Waals surface area (Å²) in [7, 11) is 1.64. The molecular weight excluding hydrogens is 256 g/mol. The van der Waals surface area contributed by atoms with Gasteiger partial charge in [-0.2, -0.15) is 0 Å². The van der Waals surface area contributed by atoms with Crippen LogP contribution in [0.15, 0.2) is 30.3 Å². The number of nitrogens with one attached hydrogen (secondary N) is 1. The highest BCUT2D eigenvalue weighted by atomic mass is 16.5. The number of aromatic nitrogens is 1. The molecule has 0 aliphatic heterocycles. The van der Waals surface area contributed by atoms with Gasteiger partial charge in [-0.3, -0.25) is 0 Å². The molecular formula is C15H18N2O3. The lowest BCUT2D eigenvalue weighted by atomic mass is 10.1. The second-order valence-corrected chi connectivity index (χ2v) is 4.58. The van der Waals surface area contributed by atoms with Gasteiger partial charge in [-0.15, -0.1) is 0 Å². The first-order valence-electron chi connectivity index (χ1n) is 6.54. The predicted molar refractivity (Wildman–Crippen MR) is 78.3 cm³/mol. The van der Waals surface area contributed by atoms with Crippen LogP contribution in [-0.2, 0) is 4.74 Å². The number of hydrogen-bond donors (Lipinski definition) is 2. The SMILES string of the molecule is CCC(COC)Nc1cc(C(=O)O)c2ccccc2n1. The van der Waals surface area contributed by atoms with Crippen LogP contribution < -0.4 is 5.32 Å². The number of fused-ring (bicyclic) bond motifs is 1. The van der Waals surface area contributed by atoms with Crippen molar-refractivity contribution in [2.75, 3.05) is 19.0 Å². The second-order valence-electron chi connectivity index (χ2n) is 4.58. The molecule has 0 saturated carbocycles. The number of hydrogen-bond acceptors (Lipinski definition) is 4. The molecule has 0 fully saturated rings. The van der Waals surface area contributed by atoms with Crippen molar-refractivity contribution >= 4 is 22.7 Å². The van der Waals surface area contributed by atoms with Crippen molar-refractivity contribution in [2.45, 2.75) is 19.4 Å². The Balaban J connectivity index is 2.42. The lowest BCUT2D eigenvalue weighted by molar-refractivity contribution is 0.0699. The molecule has 5 nitrogen and oxygen atoms in total. The van der Waals surface area contributed by atoms with Gasteiger partial charge in [0.2, 0.25) is 0 Å². The molecule has 2 N–H and O–H groups in total. The number of aromatic carboxylic acids is 1. The summed E-state index contributed by atoms with van der Waals surface area (Å²) in [5, 5.41) is 13.2. The monoisotopic (exact) mass is 274 g/mol. The Morgan fingerprint density at radius 2 is 2.20 bits per heavy atom. The van der Waals surface area contributed by atoms with E-state index in [1.165, 1.54) is 0 Å². The molecule has 2 aromatic rings. The standard InChI is InChI=1S/C15H18N2O3/c1-3-10(9-20-2)16-14-8-12(15(18)19)11-6-4-5-7-13(11)17-14/h4-8,10H,3,9H2,1-2H3,(H,16,17)(H,18,19). The van der Waals surface area contributed by atoms with Crippen molar-refractivity contribution in [3.8, 4) is 0 Å². The maximum Gasteiger partial charge on any atom is 0.336 e. The molecule has 0 spiro atoms. The number of carbonyl (C=O) groups is 1. The molecule has 5 heteroatoms. The third-order valence-electron chi connectivity index (χ3n) is 3.16. The molecule has 1 unspecified atom stereocenters. The number of nitrogens with zero attached hydrogens (tertiary/aromatic N) is 1. The Hall–Kier alpha value is -2.14. The van der Waals surface area contributed by atoms with Crippen molar-refractivity contribution < 1.29 is 14.6 Å². The highest BCUT2D eigenvalue weighted by Gasteiger charge is 2.13. The van der Waals surface area contributed by atoms with Gasteiger partial charge in [0.15, 0.2) is 0 Å². The van der Waals surface area contributed by atoms with Crippen molar-refractivity contribution in [2.24, 2.45) is 0 Å². The van der Waals surface area contributed by atoms with Crippen LogP contribution in [0.25, 0.3) is 10.9 Å². The molecule has 106 valence electrons.